The van der Waals surface area contributed by atoms with Crippen molar-refractivity contribution < 1.29 is 17.8 Å². The van der Waals surface area contributed by atoms with E-state index in [1.165, 1.54) is 25.2 Å². The van der Waals surface area contributed by atoms with Gasteiger partial charge in [0.05, 0.1) is 0 Å². The molecule has 0 aromatic heterocycles. The van der Waals surface area contributed by atoms with E-state index >= 15 is 0 Å². The maximum atomic E-state index is 10.8. The number of ketones is 1. The summed E-state index contributed by atoms with van der Waals surface area (Å²) < 4.78 is 30.0. The molecule has 1 aliphatic rings. The normalized spacial score (nSPS) is 22.6. The second-order valence-electron chi connectivity index (χ2n) is 2.86. The van der Waals surface area contributed by atoms with Gasteiger partial charge in [-0.3, -0.25) is 9.35 Å². The Bertz CT molecular complexity index is 375. The maximum Gasteiger partial charge on any atom is 0.271 e. The quantitative estimate of drug-likeness (QED) is 0.670. The lowest BCUT2D eigenvalue weighted by Gasteiger charge is -2.11. The Balaban J connectivity index is 2.81. The highest BCUT2D eigenvalue weighted by Gasteiger charge is 2.21. The van der Waals surface area contributed by atoms with Crippen LogP contribution >= 0.6 is 0 Å². The molecule has 0 amide bonds. The molecule has 5 heteroatoms. The SMILES string of the molecule is CC(=O)C1=CCC(S(=O)(=O)O)C=C1. The first-order valence-corrected chi connectivity index (χ1v) is 5.27. The Morgan fingerprint density at radius 3 is 2.54 bits per heavy atom. The topological polar surface area (TPSA) is 71.4 Å². The second-order valence-corrected chi connectivity index (χ2v) is 4.50. The van der Waals surface area contributed by atoms with E-state index < -0.39 is 15.4 Å². The third-order valence-electron chi connectivity index (χ3n) is 1.85. The van der Waals surface area contributed by atoms with Crippen molar-refractivity contribution >= 4 is 15.9 Å². The summed E-state index contributed by atoms with van der Waals surface area (Å²) in [5, 5.41) is -0.907. The third-order valence-corrected chi connectivity index (χ3v) is 2.96. The van der Waals surface area contributed by atoms with E-state index in [0.717, 1.165) is 0 Å². The van der Waals surface area contributed by atoms with Crippen LogP contribution in [0.3, 0.4) is 0 Å². The molecular weight excluding hydrogens is 192 g/mol. The Labute approximate surface area is 76.7 Å². The fraction of sp³-hybridized carbons (Fsp3) is 0.375. The van der Waals surface area contributed by atoms with Crippen molar-refractivity contribution in [2.75, 3.05) is 0 Å². The van der Waals surface area contributed by atoms with Crippen molar-refractivity contribution in [3.8, 4) is 0 Å². The van der Waals surface area contributed by atoms with Crippen molar-refractivity contribution in [2.45, 2.75) is 18.6 Å². The fourth-order valence-corrected chi connectivity index (χ4v) is 1.70. The Morgan fingerprint density at radius 1 is 1.62 bits per heavy atom. The average Bonchev–Trinajstić information content (AvgIpc) is 2.03. The summed E-state index contributed by atoms with van der Waals surface area (Å²) in [4.78, 5) is 10.8. The molecule has 0 aromatic rings. The molecule has 72 valence electrons. The van der Waals surface area contributed by atoms with E-state index in [9.17, 15) is 13.2 Å². The molecule has 0 heterocycles. The summed E-state index contributed by atoms with van der Waals surface area (Å²) in [6.07, 6.45) is 4.42. The molecule has 1 unspecified atom stereocenters. The summed E-state index contributed by atoms with van der Waals surface area (Å²) in [7, 11) is -4.02. The minimum atomic E-state index is -4.02. The van der Waals surface area contributed by atoms with Crippen LogP contribution in [0.4, 0.5) is 0 Å². The summed E-state index contributed by atoms with van der Waals surface area (Å²) in [6.45, 7) is 1.41. The highest BCUT2D eigenvalue weighted by molar-refractivity contribution is 7.86. The van der Waals surface area contributed by atoms with E-state index in [1.807, 2.05) is 0 Å². The standard InChI is InChI=1S/C8H10O4S/c1-6(9)7-2-4-8(5-3-7)13(10,11)12/h2-4,8H,5H2,1H3,(H,10,11,12). The first-order chi connectivity index (χ1) is 5.91. The van der Waals surface area contributed by atoms with Crippen LogP contribution in [0, 0.1) is 0 Å². The third kappa shape index (κ3) is 2.50. The zero-order valence-electron chi connectivity index (χ0n) is 7.10. The Hall–Kier alpha value is -0.940. The summed E-state index contributed by atoms with van der Waals surface area (Å²) >= 11 is 0. The minimum absolute atomic E-state index is 0.106. The van der Waals surface area contributed by atoms with Gasteiger partial charge in [-0.15, -0.1) is 0 Å². The van der Waals surface area contributed by atoms with Gasteiger partial charge in [0.1, 0.15) is 5.25 Å². The van der Waals surface area contributed by atoms with Gasteiger partial charge in [0.2, 0.25) is 0 Å². The number of Topliss-reactive ketones (excluding diaryl/α,β-unsaturated/α-hetero) is 1. The van der Waals surface area contributed by atoms with Gasteiger partial charge < -0.3 is 0 Å². The first-order valence-electron chi connectivity index (χ1n) is 3.77. The number of carbonyl (C=O) groups excluding carboxylic acids is 1. The molecule has 0 saturated carbocycles. The maximum absolute atomic E-state index is 10.8. The van der Waals surface area contributed by atoms with Crippen LogP contribution in [-0.2, 0) is 14.9 Å². The van der Waals surface area contributed by atoms with Gasteiger partial charge in [-0.1, -0.05) is 18.2 Å². The van der Waals surface area contributed by atoms with E-state index in [-0.39, 0.29) is 12.2 Å². The number of hydrogen-bond acceptors (Lipinski definition) is 3. The fourth-order valence-electron chi connectivity index (χ4n) is 1.08. The molecular formula is C8H10O4S. The van der Waals surface area contributed by atoms with Gasteiger partial charge in [-0.2, -0.15) is 8.42 Å². The molecule has 0 radical (unpaired) electrons. The van der Waals surface area contributed by atoms with E-state index in [1.54, 1.807) is 0 Å². The molecule has 0 fully saturated rings. The van der Waals surface area contributed by atoms with Gasteiger partial charge >= 0.3 is 0 Å². The van der Waals surface area contributed by atoms with Crippen LogP contribution in [0.15, 0.2) is 23.8 Å². The van der Waals surface area contributed by atoms with E-state index in [0.29, 0.717) is 5.57 Å². The molecule has 0 bridgehead atoms. The van der Waals surface area contributed by atoms with Gasteiger partial charge in [0.25, 0.3) is 10.1 Å². The average molecular weight is 202 g/mol. The Kier molecular flexibility index (Phi) is 2.68. The van der Waals surface area contributed by atoms with Gasteiger partial charge in [0, 0.05) is 5.57 Å². The molecule has 4 nitrogen and oxygen atoms in total. The van der Waals surface area contributed by atoms with Crippen LogP contribution in [0.2, 0.25) is 0 Å². The van der Waals surface area contributed by atoms with Crippen molar-refractivity contribution in [3.05, 3.63) is 23.8 Å². The summed E-state index contributed by atoms with van der Waals surface area (Å²) in [5.74, 6) is -0.106. The van der Waals surface area contributed by atoms with Gasteiger partial charge in [-0.05, 0) is 13.3 Å². The molecule has 1 N–H and O–H groups in total. The molecule has 0 aliphatic heterocycles. The summed E-state index contributed by atoms with van der Waals surface area (Å²) in [5.41, 5.74) is 0.486. The Morgan fingerprint density at radius 2 is 2.23 bits per heavy atom. The minimum Gasteiger partial charge on any atom is -0.295 e. The van der Waals surface area contributed by atoms with Crippen LogP contribution in [-0.4, -0.2) is 24.0 Å². The highest BCUT2D eigenvalue weighted by Crippen LogP contribution is 2.16. The van der Waals surface area contributed by atoms with Gasteiger partial charge in [0.15, 0.2) is 5.78 Å². The predicted octanol–water partition coefficient (Wildman–Crippen LogP) is 0.718. The number of rotatable bonds is 2. The van der Waals surface area contributed by atoms with Gasteiger partial charge in [-0.25, -0.2) is 0 Å². The number of carbonyl (C=O) groups is 1. The second kappa shape index (κ2) is 3.43. The molecule has 0 saturated heterocycles. The molecule has 1 aliphatic carbocycles. The number of hydrogen-bond donors (Lipinski definition) is 1. The molecule has 0 aromatic carbocycles. The van der Waals surface area contributed by atoms with Crippen molar-refractivity contribution in [2.24, 2.45) is 0 Å². The molecule has 13 heavy (non-hydrogen) atoms. The lowest BCUT2D eigenvalue weighted by atomic mass is 10.0. The molecule has 0 spiro atoms. The van der Waals surface area contributed by atoms with Crippen LogP contribution in [0.1, 0.15) is 13.3 Å². The van der Waals surface area contributed by atoms with Crippen molar-refractivity contribution in [1.29, 1.82) is 0 Å². The zero-order chi connectivity index (χ0) is 10.1. The highest BCUT2D eigenvalue weighted by atomic mass is 32.2. The number of allylic oxidation sites excluding steroid dienone is 3. The monoisotopic (exact) mass is 202 g/mol. The van der Waals surface area contributed by atoms with Crippen molar-refractivity contribution in [1.82, 2.24) is 0 Å². The van der Waals surface area contributed by atoms with E-state index in [2.05, 4.69) is 0 Å². The van der Waals surface area contributed by atoms with Crippen LogP contribution < -0.4 is 0 Å². The van der Waals surface area contributed by atoms with Crippen LogP contribution in [0.25, 0.3) is 0 Å². The largest absolute Gasteiger partial charge is 0.295 e. The van der Waals surface area contributed by atoms with Crippen molar-refractivity contribution in [3.63, 3.8) is 0 Å². The van der Waals surface area contributed by atoms with Crippen LogP contribution in [0.5, 0.6) is 0 Å². The molecule has 1 rings (SSSR count). The zero-order valence-corrected chi connectivity index (χ0v) is 7.91. The predicted molar refractivity (Wildman–Crippen MR) is 47.9 cm³/mol. The molecule has 1 atom stereocenters. The van der Waals surface area contributed by atoms with E-state index in [4.69, 9.17) is 4.55 Å². The first kappa shape index (κ1) is 10.1. The lowest BCUT2D eigenvalue weighted by Crippen LogP contribution is -2.19. The lowest BCUT2D eigenvalue weighted by molar-refractivity contribution is -0.113. The smallest absolute Gasteiger partial charge is 0.271 e. The summed E-state index contributed by atoms with van der Waals surface area (Å²) in [6, 6.07) is 0.